The van der Waals surface area contributed by atoms with E-state index in [-0.39, 0.29) is 16.8 Å². The number of benzene rings is 1. The number of rotatable bonds is 4. The predicted octanol–water partition coefficient (Wildman–Crippen LogP) is 3.80. The first-order chi connectivity index (χ1) is 10.8. The zero-order valence-corrected chi connectivity index (χ0v) is 13.7. The largest absolute Gasteiger partial charge is 0.360 e. The molecular weight excluding hydrogens is 316 g/mol. The molecule has 0 aliphatic rings. The van der Waals surface area contributed by atoms with Crippen LogP contribution in [0.4, 0.5) is 5.69 Å². The molecule has 0 bridgehead atoms. The summed E-state index contributed by atoms with van der Waals surface area (Å²) in [5.41, 5.74) is 2.70. The number of nitriles is 1. The fraction of sp³-hybridized carbons (Fsp3) is 0.250. The van der Waals surface area contributed by atoms with Crippen LogP contribution < -0.4 is 5.43 Å². The molecule has 0 spiro atoms. The smallest absolute Gasteiger partial charge is 0.245 e. The second kappa shape index (κ2) is 6.63. The van der Waals surface area contributed by atoms with E-state index in [1.807, 2.05) is 20.8 Å². The summed E-state index contributed by atoms with van der Waals surface area (Å²) < 4.78 is 5.15. The van der Waals surface area contributed by atoms with Crippen LogP contribution in [0.25, 0.3) is 0 Å². The minimum absolute atomic E-state index is 0.0492. The van der Waals surface area contributed by atoms with Crippen molar-refractivity contribution >= 4 is 28.8 Å². The van der Waals surface area contributed by atoms with Gasteiger partial charge in [0.25, 0.3) is 0 Å². The van der Waals surface area contributed by atoms with Crippen LogP contribution in [-0.4, -0.2) is 16.7 Å². The number of halogens is 1. The third-order valence-electron chi connectivity index (χ3n) is 2.94. The van der Waals surface area contributed by atoms with Crippen LogP contribution >= 0.6 is 11.6 Å². The van der Waals surface area contributed by atoms with Gasteiger partial charge < -0.3 is 4.52 Å². The van der Waals surface area contributed by atoms with Crippen LogP contribution in [0.15, 0.2) is 40.0 Å². The Balaban J connectivity index is 2.18. The molecule has 2 aromatic rings. The Kier molecular flexibility index (Phi) is 4.82. The number of aromatic nitrogens is 1. The molecule has 23 heavy (non-hydrogen) atoms. The van der Waals surface area contributed by atoms with Gasteiger partial charge >= 0.3 is 0 Å². The van der Waals surface area contributed by atoms with Gasteiger partial charge in [0.2, 0.25) is 11.5 Å². The molecule has 1 N–H and O–H groups in total. The fourth-order valence-corrected chi connectivity index (χ4v) is 1.75. The summed E-state index contributed by atoms with van der Waals surface area (Å²) in [6, 6.07) is 9.98. The van der Waals surface area contributed by atoms with Gasteiger partial charge in [0, 0.05) is 16.5 Å². The van der Waals surface area contributed by atoms with E-state index in [9.17, 15) is 4.79 Å². The minimum Gasteiger partial charge on any atom is -0.360 e. The average Bonchev–Trinajstić information content (AvgIpc) is 2.99. The van der Waals surface area contributed by atoms with Crippen molar-refractivity contribution in [3.8, 4) is 6.07 Å². The highest BCUT2D eigenvalue weighted by Crippen LogP contribution is 2.23. The summed E-state index contributed by atoms with van der Waals surface area (Å²) in [5.74, 6) is -0.0444. The Hall–Kier alpha value is -2.65. The number of Topliss-reactive ketones (excluding diaryl/α,β-unsaturated/α-hetero) is 1. The summed E-state index contributed by atoms with van der Waals surface area (Å²) in [4.78, 5) is 12.3. The molecule has 0 fully saturated rings. The Bertz CT molecular complexity index is 780. The number of carbonyl (C=O) groups is 1. The topological polar surface area (TPSA) is 91.3 Å². The molecule has 1 aromatic heterocycles. The van der Waals surface area contributed by atoms with Gasteiger partial charge in [0.15, 0.2) is 5.69 Å². The fourth-order valence-electron chi connectivity index (χ4n) is 1.63. The zero-order chi connectivity index (χ0) is 17.0. The van der Waals surface area contributed by atoms with Crippen molar-refractivity contribution in [1.82, 2.24) is 5.16 Å². The predicted molar refractivity (Wildman–Crippen MR) is 87.7 cm³/mol. The van der Waals surface area contributed by atoms with Gasteiger partial charge in [-0.2, -0.15) is 10.4 Å². The SMILES string of the molecule is CC(C)(C)c1cc(C(=O)/C(C#N)=N\Nc2ccc(Cl)cc2)no1. The van der Waals surface area contributed by atoms with Crippen LogP contribution in [0.3, 0.4) is 0 Å². The number of carbonyl (C=O) groups excluding carboxylic acids is 1. The first-order valence-corrected chi connectivity index (χ1v) is 7.20. The van der Waals surface area contributed by atoms with Gasteiger partial charge in [-0.15, -0.1) is 0 Å². The van der Waals surface area contributed by atoms with E-state index in [4.69, 9.17) is 21.4 Å². The summed E-state index contributed by atoms with van der Waals surface area (Å²) >= 11 is 5.78. The molecular formula is C16H15ClN4O2. The van der Waals surface area contributed by atoms with E-state index in [0.717, 1.165) is 0 Å². The van der Waals surface area contributed by atoms with E-state index in [1.165, 1.54) is 6.07 Å². The summed E-state index contributed by atoms with van der Waals surface area (Å²) in [6.45, 7) is 5.80. The first kappa shape index (κ1) is 16.7. The van der Waals surface area contributed by atoms with Crippen molar-refractivity contribution < 1.29 is 9.32 Å². The van der Waals surface area contributed by atoms with Crippen LogP contribution in [0.2, 0.25) is 5.02 Å². The van der Waals surface area contributed by atoms with E-state index >= 15 is 0 Å². The van der Waals surface area contributed by atoms with Crippen molar-refractivity contribution in [2.24, 2.45) is 5.10 Å². The molecule has 0 saturated heterocycles. The third kappa shape index (κ3) is 4.18. The van der Waals surface area contributed by atoms with E-state index in [1.54, 1.807) is 30.3 Å². The second-order valence-corrected chi connectivity index (χ2v) is 6.28. The van der Waals surface area contributed by atoms with Crippen molar-refractivity contribution in [2.75, 3.05) is 5.43 Å². The molecule has 0 amide bonds. The monoisotopic (exact) mass is 330 g/mol. The normalized spacial score (nSPS) is 11.9. The lowest BCUT2D eigenvalue weighted by Gasteiger charge is -2.11. The molecule has 118 valence electrons. The van der Waals surface area contributed by atoms with Crippen molar-refractivity contribution in [3.63, 3.8) is 0 Å². The summed E-state index contributed by atoms with van der Waals surface area (Å²) in [6.07, 6.45) is 0. The lowest BCUT2D eigenvalue weighted by molar-refractivity contribution is 0.105. The lowest BCUT2D eigenvalue weighted by atomic mass is 9.93. The van der Waals surface area contributed by atoms with Crippen molar-refractivity contribution in [3.05, 3.63) is 46.8 Å². The molecule has 1 heterocycles. The summed E-state index contributed by atoms with van der Waals surface area (Å²) in [7, 11) is 0. The highest BCUT2D eigenvalue weighted by Gasteiger charge is 2.24. The molecule has 2 rings (SSSR count). The Labute approximate surface area is 138 Å². The number of anilines is 1. The Morgan fingerprint density at radius 3 is 2.52 bits per heavy atom. The van der Waals surface area contributed by atoms with Crippen LogP contribution in [-0.2, 0) is 5.41 Å². The van der Waals surface area contributed by atoms with Crippen LogP contribution in [0.1, 0.15) is 37.0 Å². The Morgan fingerprint density at radius 2 is 2.00 bits per heavy atom. The van der Waals surface area contributed by atoms with Crippen LogP contribution in [0, 0.1) is 11.3 Å². The van der Waals surface area contributed by atoms with Crippen molar-refractivity contribution in [2.45, 2.75) is 26.2 Å². The number of nitrogens with zero attached hydrogens (tertiary/aromatic N) is 3. The van der Waals surface area contributed by atoms with Gasteiger partial charge in [-0.1, -0.05) is 37.5 Å². The number of hydrogen-bond acceptors (Lipinski definition) is 6. The number of hydrazone groups is 1. The molecule has 0 aliphatic carbocycles. The minimum atomic E-state index is -0.604. The molecule has 1 aromatic carbocycles. The number of hydrogen-bond donors (Lipinski definition) is 1. The molecule has 0 atom stereocenters. The van der Waals surface area contributed by atoms with Gasteiger partial charge in [0.05, 0.1) is 5.69 Å². The lowest BCUT2D eigenvalue weighted by Crippen LogP contribution is -2.15. The maximum absolute atomic E-state index is 12.3. The second-order valence-electron chi connectivity index (χ2n) is 5.85. The standard InChI is InChI=1S/C16H15ClN4O2/c1-16(2,3)14-8-12(21-23-14)15(22)13(9-18)20-19-11-6-4-10(17)5-7-11/h4-8,19H,1-3H3/b20-13-. The zero-order valence-electron chi connectivity index (χ0n) is 12.9. The van der Waals surface area contributed by atoms with E-state index in [2.05, 4.69) is 15.7 Å². The molecule has 0 saturated carbocycles. The quantitative estimate of drug-likeness (QED) is 0.523. The van der Waals surface area contributed by atoms with E-state index in [0.29, 0.717) is 16.5 Å². The van der Waals surface area contributed by atoms with Crippen molar-refractivity contribution in [1.29, 1.82) is 5.26 Å². The van der Waals surface area contributed by atoms with Crippen LogP contribution in [0.5, 0.6) is 0 Å². The highest BCUT2D eigenvalue weighted by atomic mass is 35.5. The van der Waals surface area contributed by atoms with Gasteiger partial charge in [0.1, 0.15) is 11.8 Å². The van der Waals surface area contributed by atoms with Gasteiger partial charge in [-0.25, -0.2) is 0 Å². The molecule has 0 radical (unpaired) electrons. The highest BCUT2D eigenvalue weighted by molar-refractivity contribution is 6.51. The maximum atomic E-state index is 12.3. The molecule has 7 heteroatoms. The summed E-state index contributed by atoms with van der Waals surface area (Å²) in [5, 5.41) is 17.2. The third-order valence-corrected chi connectivity index (χ3v) is 3.20. The number of ketones is 1. The molecule has 6 nitrogen and oxygen atoms in total. The van der Waals surface area contributed by atoms with E-state index < -0.39 is 5.78 Å². The molecule has 0 aliphatic heterocycles. The van der Waals surface area contributed by atoms with Gasteiger partial charge in [-0.3, -0.25) is 10.2 Å². The van der Waals surface area contributed by atoms with Gasteiger partial charge in [-0.05, 0) is 24.3 Å². The molecule has 0 unspecified atom stereocenters. The number of nitrogens with one attached hydrogen (secondary N) is 1. The maximum Gasteiger partial charge on any atom is 0.245 e. The first-order valence-electron chi connectivity index (χ1n) is 6.82. The Morgan fingerprint density at radius 1 is 1.35 bits per heavy atom. The average molecular weight is 331 g/mol.